The van der Waals surface area contributed by atoms with E-state index in [1.165, 1.54) is 18.3 Å². The molecule has 3 atom stereocenters. The summed E-state index contributed by atoms with van der Waals surface area (Å²) in [5.74, 6) is -0.106. The molecule has 1 aliphatic carbocycles. The van der Waals surface area contributed by atoms with Crippen LogP contribution in [0, 0.1) is 27.3 Å². The topological polar surface area (TPSA) is 203 Å². The molecule has 11 rings (SSSR count). The van der Waals surface area contributed by atoms with Gasteiger partial charge in [0.25, 0.3) is 21.6 Å². The van der Waals surface area contributed by atoms with Crippen molar-refractivity contribution in [2.24, 2.45) is 11.3 Å². The standard InChI is InChI=1S/C52H61FN8O10S/c1-32(2)70-47-6-4-3-5-37(47)46-30-69-22-18-59(46)35-26-52(27-35)14-16-58(17-15-52)34-7-9-38(43(23-34)60-42-13-21-68-31-48(42)71-51-45(60)25-39-40(53)29-55-49(39)56-51)50(62)57-72(65,66)36-8-10-41(44(24-36)61(63)64)54-28-33-11-19-67-20-12-33/h3-10,23-25,29,32-33,35,42,46,48,54H,11-22,26-28,30-31H2,1-2H3,(H,55,56)(H,57,62)/t42-,46-,48-/m0/s1. The third-order valence-electron chi connectivity index (χ3n) is 15.6. The number of nitro groups is 1. The number of para-hydroxylation sites is 1. The number of hydrogen-bond acceptors (Lipinski definition) is 15. The Kier molecular flexibility index (Phi) is 13.2. The highest BCUT2D eigenvalue weighted by molar-refractivity contribution is 7.90. The number of piperidine rings is 1. The van der Waals surface area contributed by atoms with Gasteiger partial charge in [0.05, 0.1) is 64.5 Å². The Morgan fingerprint density at radius 2 is 1.74 bits per heavy atom. The minimum absolute atomic E-state index is 0.0232. The molecule has 382 valence electrons. The summed E-state index contributed by atoms with van der Waals surface area (Å²) in [6.07, 6.45) is 6.93. The monoisotopic (exact) mass is 1010 g/mol. The van der Waals surface area contributed by atoms with Gasteiger partial charge >= 0.3 is 0 Å². The molecule has 18 nitrogen and oxygen atoms in total. The fourth-order valence-corrected chi connectivity index (χ4v) is 12.8. The van der Waals surface area contributed by atoms with Crippen LogP contribution in [-0.2, 0) is 24.2 Å². The molecule has 7 heterocycles. The average Bonchev–Trinajstić information content (AvgIpc) is 3.74. The number of nitrogens with one attached hydrogen (secondary N) is 3. The zero-order chi connectivity index (χ0) is 49.7. The van der Waals surface area contributed by atoms with E-state index in [0.29, 0.717) is 63.4 Å². The maximum absolute atomic E-state index is 15.3. The van der Waals surface area contributed by atoms with E-state index in [9.17, 15) is 23.3 Å². The third-order valence-corrected chi connectivity index (χ3v) is 16.9. The zero-order valence-electron chi connectivity index (χ0n) is 40.5. The number of carbonyl (C=O) groups is 1. The minimum atomic E-state index is -4.66. The smallest absolute Gasteiger partial charge is 0.293 e. The first-order valence-corrected chi connectivity index (χ1v) is 26.7. The van der Waals surface area contributed by atoms with Crippen molar-refractivity contribution >= 4 is 55.4 Å². The van der Waals surface area contributed by atoms with E-state index in [1.54, 1.807) is 12.1 Å². The van der Waals surface area contributed by atoms with Gasteiger partial charge in [-0.15, -0.1) is 0 Å². The number of rotatable bonds is 13. The molecule has 6 aliphatic rings. The van der Waals surface area contributed by atoms with E-state index >= 15 is 4.39 Å². The second kappa shape index (κ2) is 19.8. The van der Waals surface area contributed by atoms with Gasteiger partial charge in [-0.05, 0) is 113 Å². The van der Waals surface area contributed by atoms with E-state index in [2.05, 4.69) is 41.9 Å². The number of benzene rings is 3. The summed E-state index contributed by atoms with van der Waals surface area (Å²) in [6.45, 7) is 10.1. The summed E-state index contributed by atoms with van der Waals surface area (Å²) in [5.41, 5.74) is 3.02. The first kappa shape index (κ1) is 48.2. The van der Waals surface area contributed by atoms with Crippen LogP contribution < -0.4 is 29.3 Å². The number of amides is 1. The van der Waals surface area contributed by atoms with Crippen molar-refractivity contribution in [2.45, 2.75) is 94.0 Å². The first-order valence-electron chi connectivity index (χ1n) is 25.2. The number of fused-ring (bicyclic) bond motifs is 3. The van der Waals surface area contributed by atoms with Crippen LogP contribution in [0.1, 0.15) is 80.8 Å². The highest BCUT2D eigenvalue weighted by Gasteiger charge is 2.50. The highest BCUT2D eigenvalue weighted by atomic mass is 32.2. The predicted octanol–water partition coefficient (Wildman–Crippen LogP) is 7.87. The van der Waals surface area contributed by atoms with Gasteiger partial charge in [-0.1, -0.05) is 18.2 Å². The second-order valence-electron chi connectivity index (χ2n) is 20.4. The molecular formula is C52H61FN8O10S. The molecule has 0 bridgehead atoms. The van der Waals surface area contributed by atoms with Crippen molar-refractivity contribution < 1.29 is 46.2 Å². The Hall–Kier alpha value is -6.06. The number of hydrogen-bond donors (Lipinski definition) is 3. The first-order chi connectivity index (χ1) is 34.8. The molecule has 20 heteroatoms. The molecule has 1 spiro atoms. The van der Waals surface area contributed by atoms with Crippen molar-refractivity contribution in [3.05, 3.63) is 100.0 Å². The second-order valence-corrected chi connectivity index (χ2v) is 22.1. The van der Waals surface area contributed by atoms with Gasteiger partial charge in [0.15, 0.2) is 0 Å². The highest BCUT2D eigenvalue weighted by Crippen LogP contribution is 2.54. The van der Waals surface area contributed by atoms with Crippen LogP contribution in [0.15, 0.2) is 77.8 Å². The van der Waals surface area contributed by atoms with Crippen molar-refractivity contribution in [1.82, 2.24) is 19.6 Å². The molecular weight excluding hydrogens is 948 g/mol. The van der Waals surface area contributed by atoms with E-state index in [4.69, 9.17) is 23.7 Å². The number of sulfonamides is 1. The number of H-pyrrole nitrogens is 1. The van der Waals surface area contributed by atoms with Crippen LogP contribution in [0.25, 0.3) is 11.0 Å². The lowest BCUT2D eigenvalue weighted by Gasteiger charge is -2.57. The molecule has 0 unspecified atom stereocenters. The number of carbonyl (C=O) groups excluding carboxylic acids is 1. The number of nitro benzene ring substituents is 1. The molecule has 5 aromatic rings. The minimum Gasteiger partial charge on any atom is -0.491 e. The maximum atomic E-state index is 15.3. The molecule has 2 aromatic heterocycles. The zero-order valence-corrected chi connectivity index (χ0v) is 41.3. The van der Waals surface area contributed by atoms with Crippen LogP contribution in [0.2, 0.25) is 0 Å². The Morgan fingerprint density at radius 1 is 0.958 bits per heavy atom. The summed E-state index contributed by atoms with van der Waals surface area (Å²) < 4.78 is 75.8. The van der Waals surface area contributed by atoms with Crippen LogP contribution in [0.5, 0.6) is 11.6 Å². The Balaban J connectivity index is 0.876. The fraction of sp³-hybridized carbons (Fsp3) is 0.500. The van der Waals surface area contributed by atoms with E-state index in [0.717, 1.165) is 81.2 Å². The lowest BCUT2D eigenvalue weighted by atomic mass is 9.59. The molecule has 5 aliphatic heterocycles. The van der Waals surface area contributed by atoms with E-state index in [-0.39, 0.29) is 58.2 Å². The van der Waals surface area contributed by atoms with Crippen LogP contribution in [0.3, 0.4) is 0 Å². The summed E-state index contributed by atoms with van der Waals surface area (Å²) in [5, 5.41) is 15.7. The number of aromatic amines is 1. The molecule has 1 amide bonds. The van der Waals surface area contributed by atoms with Crippen LogP contribution in [0.4, 0.5) is 32.8 Å². The van der Waals surface area contributed by atoms with Gasteiger partial charge in [0.2, 0.25) is 5.88 Å². The number of halogens is 1. The van der Waals surface area contributed by atoms with Crippen molar-refractivity contribution in [2.75, 3.05) is 80.9 Å². The molecule has 72 heavy (non-hydrogen) atoms. The van der Waals surface area contributed by atoms with Gasteiger partial charge in [-0.2, -0.15) is 4.98 Å². The van der Waals surface area contributed by atoms with Crippen LogP contribution in [-0.4, -0.2) is 124 Å². The van der Waals surface area contributed by atoms with Crippen molar-refractivity contribution in [1.29, 1.82) is 0 Å². The van der Waals surface area contributed by atoms with Gasteiger partial charge in [-0.3, -0.25) is 19.8 Å². The van der Waals surface area contributed by atoms with Crippen molar-refractivity contribution in [3.8, 4) is 11.6 Å². The van der Waals surface area contributed by atoms with Crippen molar-refractivity contribution in [3.63, 3.8) is 0 Å². The molecule has 3 N–H and O–H groups in total. The third kappa shape index (κ3) is 9.42. The Labute approximate surface area is 417 Å². The van der Waals surface area contributed by atoms with Crippen LogP contribution >= 0.6 is 0 Å². The average molecular weight is 1010 g/mol. The number of ether oxygens (including phenoxy) is 5. The van der Waals surface area contributed by atoms with Gasteiger partial charge in [-0.25, -0.2) is 17.5 Å². The van der Waals surface area contributed by atoms with E-state index < -0.39 is 49.4 Å². The SMILES string of the molecule is CC(C)Oc1ccccc1[C@@H]1COCCN1C1CC2(CCN(c3ccc(C(=O)NS(=O)(=O)c4ccc(NCC5CCOCC5)c([N+](=O)[O-])c4)c(N4c5cc6c(F)c[nH]c6nc5O[C@H]5COCC[C@@H]54)c3)CC2)C1. The van der Waals surface area contributed by atoms with Gasteiger partial charge < -0.3 is 43.8 Å². The number of aromatic nitrogens is 2. The lowest BCUT2D eigenvalue weighted by Crippen LogP contribution is -2.57. The summed E-state index contributed by atoms with van der Waals surface area (Å²) >= 11 is 0. The molecule has 4 saturated heterocycles. The quantitative estimate of drug-likeness (QED) is 0.0759. The van der Waals surface area contributed by atoms with Gasteiger partial charge in [0.1, 0.15) is 34.7 Å². The number of pyridine rings is 1. The summed E-state index contributed by atoms with van der Waals surface area (Å²) in [6, 6.07) is 19.0. The number of anilines is 4. The fourth-order valence-electron chi connectivity index (χ4n) is 11.8. The molecule has 5 fully saturated rings. The number of morpholine rings is 1. The molecule has 0 radical (unpaired) electrons. The number of nitrogens with zero attached hydrogens (tertiary/aromatic N) is 5. The van der Waals surface area contributed by atoms with E-state index in [1.807, 2.05) is 43.0 Å². The Bertz CT molecular complexity index is 2950. The summed E-state index contributed by atoms with van der Waals surface area (Å²) in [4.78, 5) is 40.3. The van der Waals surface area contributed by atoms with Gasteiger partial charge in [0, 0.05) is 75.6 Å². The predicted molar refractivity (Wildman–Crippen MR) is 267 cm³/mol. The largest absolute Gasteiger partial charge is 0.491 e. The molecule has 1 saturated carbocycles. The molecule has 3 aromatic carbocycles. The Morgan fingerprint density at radius 3 is 2.53 bits per heavy atom. The lowest BCUT2D eigenvalue weighted by molar-refractivity contribution is -0.384. The maximum Gasteiger partial charge on any atom is 0.293 e. The normalized spacial score (nSPS) is 22.8. The summed E-state index contributed by atoms with van der Waals surface area (Å²) in [7, 11) is -4.66.